The predicted octanol–water partition coefficient (Wildman–Crippen LogP) is 5.25. The first-order chi connectivity index (χ1) is 17.4. The molecule has 1 aliphatic heterocycles. The molecule has 0 bridgehead atoms. The van der Waals surface area contributed by atoms with Crippen LogP contribution in [0.1, 0.15) is 60.1 Å². The summed E-state index contributed by atoms with van der Waals surface area (Å²) in [5.41, 5.74) is 1.34. The first-order valence-electron chi connectivity index (χ1n) is 12.1. The molecule has 37 heavy (non-hydrogen) atoms. The van der Waals surface area contributed by atoms with Crippen molar-refractivity contribution in [3.05, 3.63) is 33.4 Å². The number of alkyl halides is 3. The van der Waals surface area contributed by atoms with Gasteiger partial charge in [0.1, 0.15) is 6.04 Å². The van der Waals surface area contributed by atoms with E-state index in [0.29, 0.717) is 46.7 Å². The van der Waals surface area contributed by atoms with Crippen LogP contribution in [-0.4, -0.2) is 50.8 Å². The highest BCUT2D eigenvalue weighted by molar-refractivity contribution is 7.89. The number of carbonyl (C=O) groups excluding carboxylic acids is 1. The molecule has 204 valence electrons. The maximum atomic E-state index is 13.0. The monoisotopic (exact) mass is 579 g/mol. The first-order valence-corrected chi connectivity index (χ1v) is 14.8. The lowest BCUT2D eigenvalue weighted by molar-refractivity contribution is -0.147. The van der Waals surface area contributed by atoms with Gasteiger partial charge in [-0.15, -0.1) is 11.3 Å². The number of aromatic nitrogens is 1. The van der Waals surface area contributed by atoms with Crippen molar-refractivity contribution in [2.24, 2.45) is 5.92 Å². The van der Waals surface area contributed by atoms with Gasteiger partial charge in [0.2, 0.25) is 10.0 Å². The number of sulfonamides is 1. The quantitative estimate of drug-likeness (QED) is 0.445. The third kappa shape index (κ3) is 6.47. The van der Waals surface area contributed by atoms with Crippen LogP contribution in [0.2, 0.25) is 5.02 Å². The van der Waals surface area contributed by atoms with Crippen LogP contribution in [0.4, 0.5) is 13.2 Å². The van der Waals surface area contributed by atoms with Crippen LogP contribution in [0.15, 0.2) is 17.0 Å². The van der Waals surface area contributed by atoms with Gasteiger partial charge in [0, 0.05) is 24.8 Å². The van der Waals surface area contributed by atoms with Gasteiger partial charge in [-0.1, -0.05) is 36.9 Å². The number of ether oxygens (including phenoxy) is 1. The number of nitrogens with zero attached hydrogens (tertiary/aromatic N) is 1. The Morgan fingerprint density at radius 3 is 2.51 bits per heavy atom. The Morgan fingerprint density at radius 1 is 1.24 bits per heavy atom. The molecular weight excluding hydrogens is 551 g/mol. The summed E-state index contributed by atoms with van der Waals surface area (Å²) in [6.07, 6.45) is 0.641. The molecule has 2 heterocycles. The Labute approximate surface area is 223 Å². The summed E-state index contributed by atoms with van der Waals surface area (Å²) < 4.78 is 71.3. The van der Waals surface area contributed by atoms with Crippen LogP contribution >= 0.6 is 22.9 Å². The maximum absolute atomic E-state index is 13.0. The molecule has 4 rings (SSSR count). The molecule has 7 nitrogen and oxygen atoms in total. The Kier molecular flexibility index (Phi) is 8.54. The molecule has 1 atom stereocenters. The van der Waals surface area contributed by atoms with Crippen molar-refractivity contribution in [2.75, 3.05) is 13.2 Å². The Hall–Kier alpha value is -1.73. The number of carbonyl (C=O) groups is 1. The second kappa shape index (κ2) is 11.2. The average Bonchev–Trinajstić information content (AvgIpc) is 3.21. The van der Waals surface area contributed by atoms with Crippen molar-refractivity contribution in [3.8, 4) is 10.4 Å². The van der Waals surface area contributed by atoms with Gasteiger partial charge >= 0.3 is 6.18 Å². The van der Waals surface area contributed by atoms with E-state index < -0.39 is 22.2 Å². The Morgan fingerprint density at radius 2 is 1.92 bits per heavy atom. The molecule has 0 unspecified atom stereocenters. The molecular formula is C24H29ClF3N3O4S2. The SMILES string of the molecule is Cc1c(S(=O)(=O)N[C@@H](C)C(F)(F)F)ccc(-c2sc(C(=O)NC3CCOCC3)nc2CC2CCC2)c1Cl. The van der Waals surface area contributed by atoms with Gasteiger partial charge in [-0.25, -0.2) is 13.4 Å². The largest absolute Gasteiger partial charge is 0.404 e. The van der Waals surface area contributed by atoms with E-state index in [-0.39, 0.29) is 27.4 Å². The number of hydrogen-bond donors (Lipinski definition) is 2. The number of amides is 1. The van der Waals surface area contributed by atoms with Crippen LogP contribution in [0.25, 0.3) is 10.4 Å². The first kappa shape index (κ1) is 28.3. The second-order valence-corrected chi connectivity index (χ2v) is 12.7. The summed E-state index contributed by atoms with van der Waals surface area (Å²) >= 11 is 7.80. The lowest BCUT2D eigenvalue weighted by Crippen LogP contribution is -2.43. The third-order valence-corrected chi connectivity index (χ3v) is 10.2. The van der Waals surface area contributed by atoms with Gasteiger partial charge in [0.05, 0.1) is 20.5 Å². The standard InChI is InChI=1S/C24H29ClF3N3O4S2/c1-13-19(37(33,34)31-14(2)24(26,27)28)7-6-17(20(13)25)21-18(12-15-4-3-5-15)30-23(36-21)22(32)29-16-8-10-35-11-9-16/h6-7,14-16,31H,3-5,8-12H2,1-2H3,(H,29,32)/t14-/m0/s1. The molecule has 13 heteroatoms. The highest BCUT2D eigenvalue weighted by atomic mass is 35.5. The van der Waals surface area contributed by atoms with E-state index in [1.54, 1.807) is 4.72 Å². The molecule has 2 fully saturated rings. The fraction of sp³-hybridized carbons (Fsp3) is 0.583. The topological polar surface area (TPSA) is 97.4 Å². The van der Waals surface area contributed by atoms with Crippen LogP contribution in [0.3, 0.4) is 0 Å². The zero-order valence-electron chi connectivity index (χ0n) is 20.5. The normalized spacial score (nSPS) is 18.4. The van der Waals surface area contributed by atoms with E-state index in [2.05, 4.69) is 10.3 Å². The third-order valence-electron chi connectivity index (χ3n) is 6.85. The summed E-state index contributed by atoms with van der Waals surface area (Å²) in [5.74, 6) is 0.162. The van der Waals surface area contributed by atoms with E-state index in [4.69, 9.17) is 16.3 Å². The molecule has 1 aliphatic carbocycles. The van der Waals surface area contributed by atoms with E-state index in [1.165, 1.54) is 30.4 Å². The molecule has 1 aromatic carbocycles. The maximum Gasteiger partial charge on any atom is 0.404 e. The minimum absolute atomic E-state index is 0.00518. The smallest absolute Gasteiger partial charge is 0.381 e. The van der Waals surface area contributed by atoms with Gasteiger partial charge < -0.3 is 10.1 Å². The van der Waals surface area contributed by atoms with Gasteiger partial charge in [0.25, 0.3) is 5.91 Å². The minimum atomic E-state index is -4.73. The number of hydrogen-bond acceptors (Lipinski definition) is 6. The Balaban J connectivity index is 1.66. The minimum Gasteiger partial charge on any atom is -0.381 e. The van der Waals surface area contributed by atoms with E-state index in [0.717, 1.165) is 39.0 Å². The number of thiazole rings is 1. The van der Waals surface area contributed by atoms with Gasteiger partial charge in [-0.2, -0.15) is 17.9 Å². The summed E-state index contributed by atoms with van der Waals surface area (Å²) in [6.45, 7) is 3.35. The fourth-order valence-corrected chi connectivity index (χ4v) is 7.23. The van der Waals surface area contributed by atoms with Crippen molar-refractivity contribution in [3.63, 3.8) is 0 Å². The Bertz CT molecular complexity index is 1260. The van der Waals surface area contributed by atoms with Gasteiger partial charge in [-0.3, -0.25) is 4.79 Å². The van der Waals surface area contributed by atoms with E-state index in [1.807, 2.05) is 0 Å². The zero-order valence-corrected chi connectivity index (χ0v) is 22.8. The van der Waals surface area contributed by atoms with Crippen molar-refractivity contribution in [1.82, 2.24) is 15.0 Å². The van der Waals surface area contributed by atoms with Gasteiger partial charge in [-0.05, 0) is 50.7 Å². The van der Waals surface area contributed by atoms with Crippen molar-refractivity contribution in [2.45, 2.75) is 75.5 Å². The highest BCUT2D eigenvalue weighted by Crippen LogP contribution is 2.41. The second-order valence-electron chi connectivity index (χ2n) is 9.59. The molecule has 0 spiro atoms. The molecule has 0 radical (unpaired) electrons. The van der Waals surface area contributed by atoms with E-state index in [9.17, 15) is 26.4 Å². The van der Waals surface area contributed by atoms with Crippen LogP contribution < -0.4 is 10.0 Å². The number of halogens is 4. The van der Waals surface area contributed by atoms with Crippen molar-refractivity contribution >= 4 is 38.9 Å². The molecule has 1 saturated heterocycles. The molecule has 2 aliphatic rings. The summed E-state index contributed by atoms with van der Waals surface area (Å²) in [6, 6.07) is 0.463. The van der Waals surface area contributed by atoms with Crippen molar-refractivity contribution < 1.29 is 31.1 Å². The number of rotatable bonds is 8. The lowest BCUT2D eigenvalue weighted by Gasteiger charge is -2.25. The van der Waals surface area contributed by atoms with Crippen LogP contribution in [0, 0.1) is 12.8 Å². The summed E-state index contributed by atoms with van der Waals surface area (Å²) in [4.78, 5) is 18.0. The molecule has 1 aromatic heterocycles. The molecule has 2 aromatic rings. The van der Waals surface area contributed by atoms with Gasteiger partial charge in [0.15, 0.2) is 5.01 Å². The van der Waals surface area contributed by atoms with E-state index >= 15 is 0 Å². The highest BCUT2D eigenvalue weighted by Gasteiger charge is 2.39. The number of nitrogens with one attached hydrogen (secondary N) is 2. The average molecular weight is 580 g/mol. The molecule has 1 amide bonds. The molecule has 1 saturated carbocycles. The zero-order chi connectivity index (χ0) is 27.0. The number of benzene rings is 1. The predicted molar refractivity (Wildman–Crippen MR) is 135 cm³/mol. The lowest BCUT2D eigenvalue weighted by atomic mass is 9.82. The van der Waals surface area contributed by atoms with Crippen molar-refractivity contribution in [1.29, 1.82) is 0 Å². The fourth-order valence-electron chi connectivity index (χ4n) is 4.35. The summed E-state index contributed by atoms with van der Waals surface area (Å²) in [7, 11) is -4.48. The summed E-state index contributed by atoms with van der Waals surface area (Å²) in [5, 5.41) is 3.40. The van der Waals surface area contributed by atoms with Crippen LogP contribution in [0.5, 0.6) is 0 Å². The molecule has 2 N–H and O–H groups in total. The van der Waals surface area contributed by atoms with Crippen LogP contribution in [-0.2, 0) is 21.2 Å².